The van der Waals surface area contributed by atoms with Crippen molar-refractivity contribution in [3.8, 4) is 0 Å². The second kappa shape index (κ2) is 9.20. The van der Waals surface area contributed by atoms with E-state index in [2.05, 4.69) is 105 Å². The Bertz CT molecular complexity index is 808. The highest BCUT2D eigenvalue weighted by atomic mass is 14.1. The Morgan fingerprint density at radius 2 is 1.23 bits per heavy atom. The molecule has 0 aromatic heterocycles. The lowest BCUT2D eigenvalue weighted by atomic mass is 9.93. The van der Waals surface area contributed by atoms with Crippen LogP contribution in [0.1, 0.15) is 54.0 Å². The van der Waals surface area contributed by atoms with Crippen LogP contribution in [0.25, 0.3) is 12.2 Å². The van der Waals surface area contributed by atoms with Crippen molar-refractivity contribution in [2.45, 2.75) is 39.0 Å². The summed E-state index contributed by atoms with van der Waals surface area (Å²) >= 11 is 0. The van der Waals surface area contributed by atoms with Gasteiger partial charge >= 0.3 is 0 Å². The van der Waals surface area contributed by atoms with Crippen LogP contribution in [0.5, 0.6) is 0 Å². The SMILES string of the molecule is CCCc1ccc(C=Cc2ccc(C[C@@H](C)c3ccccc3)cc2)cc1. The molecule has 0 heterocycles. The smallest absolute Gasteiger partial charge is 0.0150 e. The number of hydrogen-bond acceptors (Lipinski definition) is 0. The van der Waals surface area contributed by atoms with Crippen LogP contribution in [0, 0.1) is 0 Å². The molecule has 0 heteroatoms. The lowest BCUT2D eigenvalue weighted by Crippen LogP contribution is -1.98. The second-order valence-electron chi connectivity index (χ2n) is 7.08. The minimum absolute atomic E-state index is 0.541. The van der Waals surface area contributed by atoms with Gasteiger partial charge in [-0.2, -0.15) is 0 Å². The van der Waals surface area contributed by atoms with E-state index in [-0.39, 0.29) is 0 Å². The molecule has 3 rings (SSSR count). The van der Waals surface area contributed by atoms with E-state index in [1.807, 2.05) is 0 Å². The highest BCUT2D eigenvalue weighted by Crippen LogP contribution is 2.20. The molecule has 132 valence electrons. The summed E-state index contributed by atoms with van der Waals surface area (Å²) in [5, 5.41) is 0. The van der Waals surface area contributed by atoms with Crippen LogP contribution >= 0.6 is 0 Å². The van der Waals surface area contributed by atoms with Gasteiger partial charge in [0.15, 0.2) is 0 Å². The third-order valence-corrected chi connectivity index (χ3v) is 4.88. The first-order chi connectivity index (χ1) is 12.7. The number of rotatable bonds is 7. The summed E-state index contributed by atoms with van der Waals surface area (Å²) in [5.41, 5.74) is 6.72. The fourth-order valence-electron chi connectivity index (χ4n) is 3.29. The third kappa shape index (κ3) is 5.20. The maximum Gasteiger partial charge on any atom is -0.0150 e. The normalized spacial score (nSPS) is 12.4. The average molecular weight is 341 g/mol. The molecule has 0 fully saturated rings. The van der Waals surface area contributed by atoms with Crippen LogP contribution < -0.4 is 0 Å². The molecule has 0 saturated heterocycles. The predicted octanol–water partition coefficient (Wildman–Crippen LogP) is 7.16. The van der Waals surface area contributed by atoms with Crippen LogP contribution in [-0.4, -0.2) is 0 Å². The van der Waals surface area contributed by atoms with Crippen molar-refractivity contribution in [3.63, 3.8) is 0 Å². The standard InChI is InChI=1S/C26H28/c1-3-7-22-10-12-23(13-11-22)14-15-24-16-18-25(19-17-24)20-21(2)26-8-5-4-6-9-26/h4-6,8-19,21H,3,7,20H2,1-2H3/t21-/m1/s1. The number of aryl methyl sites for hydroxylation is 1. The van der Waals surface area contributed by atoms with Gasteiger partial charge in [0.25, 0.3) is 0 Å². The number of hydrogen-bond donors (Lipinski definition) is 0. The molecule has 0 amide bonds. The highest BCUT2D eigenvalue weighted by molar-refractivity contribution is 5.69. The van der Waals surface area contributed by atoms with Crippen LogP contribution in [0.3, 0.4) is 0 Å². The highest BCUT2D eigenvalue weighted by Gasteiger charge is 2.05. The molecule has 0 aliphatic carbocycles. The number of benzene rings is 3. The van der Waals surface area contributed by atoms with E-state index in [0.717, 1.165) is 12.8 Å². The van der Waals surface area contributed by atoms with Crippen LogP contribution in [0.4, 0.5) is 0 Å². The fourth-order valence-corrected chi connectivity index (χ4v) is 3.29. The maximum atomic E-state index is 2.30. The van der Waals surface area contributed by atoms with Crippen LogP contribution in [0.15, 0.2) is 78.9 Å². The van der Waals surface area contributed by atoms with Crippen LogP contribution in [-0.2, 0) is 12.8 Å². The van der Waals surface area contributed by atoms with E-state index < -0.39 is 0 Å². The largest absolute Gasteiger partial charge is 0.0651 e. The van der Waals surface area contributed by atoms with E-state index in [0.29, 0.717) is 5.92 Å². The summed E-state index contributed by atoms with van der Waals surface area (Å²) in [4.78, 5) is 0. The molecule has 0 aliphatic rings. The Morgan fingerprint density at radius 3 is 1.77 bits per heavy atom. The van der Waals surface area contributed by atoms with Crippen molar-refractivity contribution in [2.75, 3.05) is 0 Å². The molecule has 0 bridgehead atoms. The van der Waals surface area contributed by atoms with Crippen LogP contribution in [0.2, 0.25) is 0 Å². The Balaban J connectivity index is 1.60. The predicted molar refractivity (Wildman–Crippen MR) is 114 cm³/mol. The summed E-state index contributed by atoms with van der Waals surface area (Å²) < 4.78 is 0. The molecular formula is C26H28. The van der Waals surface area contributed by atoms with Gasteiger partial charge < -0.3 is 0 Å². The molecule has 0 spiro atoms. The lowest BCUT2D eigenvalue weighted by molar-refractivity contribution is 0.759. The van der Waals surface area contributed by atoms with Crippen molar-refractivity contribution < 1.29 is 0 Å². The molecular weight excluding hydrogens is 312 g/mol. The first-order valence-corrected chi connectivity index (χ1v) is 9.65. The zero-order chi connectivity index (χ0) is 18.2. The van der Waals surface area contributed by atoms with Crippen molar-refractivity contribution in [2.24, 2.45) is 0 Å². The van der Waals surface area contributed by atoms with Gasteiger partial charge in [-0.1, -0.05) is 111 Å². The van der Waals surface area contributed by atoms with Gasteiger partial charge in [-0.3, -0.25) is 0 Å². The van der Waals surface area contributed by atoms with E-state index in [1.54, 1.807) is 0 Å². The Kier molecular flexibility index (Phi) is 6.44. The third-order valence-electron chi connectivity index (χ3n) is 4.88. The first kappa shape index (κ1) is 18.2. The van der Waals surface area contributed by atoms with Gasteiger partial charge in [-0.15, -0.1) is 0 Å². The van der Waals surface area contributed by atoms with Gasteiger partial charge in [0.05, 0.1) is 0 Å². The van der Waals surface area contributed by atoms with Crippen molar-refractivity contribution >= 4 is 12.2 Å². The Morgan fingerprint density at radius 1 is 0.692 bits per heavy atom. The molecule has 3 aromatic rings. The van der Waals surface area contributed by atoms with Gasteiger partial charge in [-0.05, 0) is 46.6 Å². The molecule has 0 radical (unpaired) electrons. The molecule has 1 atom stereocenters. The van der Waals surface area contributed by atoms with Crippen molar-refractivity contribution in [1.29, 1.82) is 0 Å². The zero-order valence-electron chi connectivity index (χ0n) is 15.9. The summed E-state index contributed by atoms with van der Waals surface area (Å²) in [7, 11) is 0. The monoisotopic (exact) mass is 340 g/mol. The van der Waals surface area contributed by atoms with Gasteiger partial charge in [0.2, 0.25) is 0 Å². The summed E-state index contributed by atoms with van der Waals surface area (Å²) in [6.45, 7) is 4.52. The van der Waals surface area contributed by atoms with E-state index in [1.165, 1.54) is 34.2 Å². The Labute approximate surface area is 158 Å². The van der Waals surface area contributed by atoms with Gasteiger partial charge in [0, 0.05) is 0 Å². The first-order valence-electron chi connectivity index (χ1n) is 9.65. The van der Waals surface area contributed by atoms with E-state index >= 15 is 0 Å². The molecule has 26 heavy (non-hydrogen) atoms. The van der Waals surface area contributed by atoms with Crippen molar-refractivity contribution in [3.05, 3.63) is 107 Å². The second-order valence-corrected chi connectivity index (χ2v) is 7.08. The summed E-state index contributed by atoms with van der Waals surface area (Å²) in [5.74, 6) is 0.541. The molecule has 3 aromatic carbocycles. The molecule has 0 N–H and O–H groups in total. The summed E-state index contributed by atoms with van der Waals surface area (Å²) in [6, 6.07) is 28.6. The van der Waals surface area contributed by atoms with E-state index in [9.17, 15) is 0 Å². The Hall–Kier alpha value is -2.60. The van der Waals surface area contributed by atoms with Gasteiger partial charge in [-0.25, -0.2) is 0 Å². The zero-order valence-corrected chi connectivity index (χ0v) is 15.9. The fraction of sp³-hybridized carbons (Fsp3) is 0.231. The minimum Gasteiger partial charge on any atom is -0.0651 e. The van der Waals surface area contributed by atoms with Gasteiger partial charge in [0.1, 0.15) is 0 Å². The van der Waals surface area contributed by atoms with Crippen molar-refractivity contribution in [1.82, 2.24) is 0 Å². The molecule has 0 unspecified atom stereocenters. The minimum atomic E-state index is 0.541. The summed E-state index contributed by atoms with van der Waals surface area (Å²) in [6.07, 6.45) is 7.82. The quantitative estimate of drug-likeness (QED) is 0.400. The molecule has 0 saturated carbocycles. The average Bonchev–Trinajstić information content (AvgIpc) is 2.69. The topological polar surface area (TPSA) is 0 Å². The maximum absolute atomic E-state index is 2.30. The van der Waals surface area contributed by atoms with E-state index in [4.69, 9.17) is 0 Å². The lowest BCUT2D eigenvalue weighted by Gasteiger charge is -2.12. The molecule has 0 nitrogen and oxygen atoms in total. The molecule has 0 aliphatic heterocycles.